The molecule has 1 N–H and O–H groups in total. The quantitative estimate of drug-likeness (QED) is 0.869. The highest BCUT2D eigenvalue weighted by molar-refractivity contribution is 5.91. The van der Waals surface area contributed by atoms with Gasteiger partial charge in [0.1, 0.15) is 6.61 Å². The summed E-state index contributed by atoms with van der Waals surface area (Å²) in [5.74, 6) is -0.477. The molecule has 0 aliphatic rings. The summed E-state index contributed by atoms with van der Waals surface area (Å²) in [5, 5.41) is 2.35. The van der Waals surface area contributed by atoms with Crippen molar-refractivity contribution in [1.29, 1.82) is 0 Å². The Labute approximate surface area is 90.2 Å². The molecule has 6 heteroatoms. The van der Waals surface area contributed by atoms with Crippen molar-refractivity contribution in [2.45, 2.75) is 6.18 Å². The van der Waals surface area contributed by atoms with E-state index in [2.05, 4.69) is 17.2 Å². The number of carbonyl (C=O) groups is 1. The van der Waals surface area contributed by atoms with Crippen LogP contribution >= 0.6 is 0 Å². The van der Waals surface area contributed by atoms with Crippen molar-refractivity contribution in [3.05, 3.63) is 36.9 Å². The molecule has 3 nitrogen and oxygen atoms in total. The number of carbonyl (C=O) groups excluding carboxylic acids is 1. The average Bonchev–Trinajstić information content (AvgIpc) is 2.17. The van der Waals surface area contributed by atoms with E-state index in [0.29, 0.717) is 0 Å². The molecule has 0 aromatic heterocycles. The van der Waals surface area contributed by atoms with E-state index in [-0.39, 0.29) is 12.3 Å². The molecule has 1 aromatic rings. The summed E-state index contributed by atoms with van der Waals surface area (Å²) in [4.78, 5) is 11.0. The number of hydrogen-bond acceptors (Lipinski definition) is 2. The van der Waals surface area contributed by atoms with Crippen LogP contribution in [0.3, 0.4) is 0 Å². The molecule has 1 rings (SSSR count). The van der Waals surface area contributed by atoms with E-state index in [0.717, 1.165) is 12.1 Å². The van der Waals surface area contributed by atoms with Crippen molar-refractivity contribution in [3.63, 3.8) is 0 Å². The third-order valence-corrected chi connectivity index (χ3v) is 1.73. The SMILES string of the molecule is [CH2]OCC(=O)Nc1ccc(C(F)(F)F)cc1. The molecule has 0 saturated heterocycles. The molecule has 0 heterocycles. The second-order valence-corrected chi connectivity index (χ2v) is 2.97. The number of amides is 1. The van der Waals surface area contributed by atoms with Crippen LogP contribution < -0.4 is 5.32 Å². The normalized spacial score (nSPS) is 11.2. The van der Waals surface area contributed by atoms with Gasteiger partial charge in [-0.2, -0.15) is 13.2 Å². The summed E-state index contributed by atoms with van der Waals surface area (Å²) in [7, 11) is 3.00. The second-order valence-electron chi connectivity index (χ2n) is 2.97. The van der Waals surface area contributed by atoms with Crippen LogP contribution in [-0.4, -0.2) is 12.5 Å². The zero-order valence-corrected chi connectivity index (χ0v) is 8.17. The average molecular weight is 232 g/mol. The third kappa shape index (κ3) is 3.54. The standard InChI is InChI=1S/C10H9F3NO2/c1-16-6-9(15)14-8-4-2-7(3-5-8)10(11,12)13/h2-5H,1,6H2,(H,14,15). The van der Waals surface area contributed by atoms with Crippen LogP contribution in [0, 0.1) is 7.11 Å². The van der Waals surface area contributed by atoms with Crippen LogP contribution in [0.15, 0.2) is 24.3 Å². The number of nitrogens with one attached hydrogen (secondary N) is 1. The molecule has 1 radical (unpaired) electrons. The third-order valence-electron chi connectivity index (χ3n) is 1.73. The number of rotatable bonds is 3. The molecule has 0 aliphatic heterocycles. The molecule has 0 atom stereocenters. The minimum Gasteiger partial charge on any atom is -0.369 e. The number of ether oxygens (including phenoxy) is 1. The lowest BCUT2D eigenvalue weighted by Gasteiger charge is -2.08. The second kappa shape index (κ2) is 4.98. The Kier molecular flexibility index (Phi) is 3.89. The first-order valence-electron chi connectivity index (χ1n) is 4.27. The Morgan fingerprint density at radius 3 is 2.31 bits per heavy atom. The Bertz CT molecular complexity index is 359. The van der Waals surface area contributed by atoms with Crippen LogP contribution in [0.5, 0.6) is 0 Å². The molecule has 1 aromatic carbocycles. The first-order valence-corrected chi connectivity index (χ1v) is 4.27. The first-order chi connectivity index (χ1) is 7.43. The van der Waals surface area contributed by atoms with Crippen molar-refractivity contribution < 1.29 is 22.7 Å². The molecule has 0 saturated carbocycles. The molecule has 16 heavy (non-hydrogen) atoms. The molecule has 1 amide bonds. The highest BCUT2D eigenvalue weighted by Crippen LogP contribution is 2.29. The maximum atomic E-state index is 12.2. The van der Waals surface area contributed by atoms with E-state index in [1.807, 2.05) is 0 Å². The Balaban J connectivity index is 2.69. The molecule has 0 bridgehead atoms. The fourth-order valence-corrected chi connectivity index (χ4v) is 1.03. The highest BCUT2D eigenvalue weighted by Gasteiger charge is 2.29. The van der Waals surface area contributed by atoms with Gasteiger partial charge in [0.05, 0.1) is 12.7 Å². The van der Waals surface area contributed by atoms with Gasteiger partial charge in [-0.15, -0.1) is 0 Å². The van der Waals surface area contributed by atoms with Crippen molar-refractivity contribution >= 4 is 11.6 Å². The lowest BCUT2D eigenvalue weighted by molar-refractivity contribution is -0.137. The number of benzene rings is 1. The van der Waals surface area contributed by atoms with E-state index in [1.54, 1.807) is 0 Å². The van der Waals surface area contributed by atoms with Crippen molar-refractivity contribution in [3.8, 4) is 0 Å². The molecule has 0 spiro atoms. The van der Waals surface area contributed by atoms with Gasteiger partial charge in [0.25, 0.3) is 0 Å². The Hall–Kier alpha value is -1.56. The summed E-state index contributed by atoms with van der Waals surface area (Å²) < 4.78 is 40.9. The fraction of sp³-hybridized carbons (Fsp3) is 0.200. The molecule has 0 unspecified atom stereocenters. The first kappa shape index (κ1) is 12.5. The van der Waals surface area contributed by atoms with Gasteiger partial charge in [0.2, 0.25) is 5.91 Å². The van der Waals surface area contributed by atoms with E-state index in [4.69, 9.17) is 0 Å². The minimum absolute atomic E-state index is 0.249. The maximum absolute atomic E-state index is 12.2. The lowest BCUT2D eigenvalue weighted by Crippen LogP contribution is -2.16. The minimum atomic E-state index is -4.38. The van der Waals surface area contributed by atoms with Crippen LogP contribution in [0.1, 0.15) is 5.56 Å². The monoisotopic (exact) mass is 232 g/mol. The molecule has 0 aliphatic carbocycles. The number of anilines is 1. The predicted molar refractivity (Wildman–Crippen MR) is 51.4 cm³/mol. The zero-order chi connectivity index (χ0) is 12.2. The van der Waals surface area contributed by atoms with Crippen molar-refractivity contribution in [2.24, 2.45) is 0 Å². The molecule has 87 valence electrons. The summed E-state index contributed by atoms with van der Waals surface area (Å²) in [6.45, 7) is -0.249. The van der Waals surface area contributed by atoms with E-state index < -0.39 is 17.6 Å². The van der Waals surface area contributed by atoms with Crippen LogP contribution in [0.4, 0.5) is 18.9 Å². The van der Waals surface area contributed by atoms with Gasteiger partial charge in [-0.3, -0.25) is 4.79 Å². The number of halogens is 3. The largest absolute Gasteiger partial charge is 0.416 e. The van der Waals surface area contributed by atoms with Crippen LogP contribution in [0.2, 0.25) is 0 Å². The van der Waals surface area contributed by atoms with Crippen LogP contribution in [-0.2, 0) is 15.7 Å². The van der Waals surface area contributed by atoms with Gasteiger partial charge in [-0.25, -0.2) is 0 Å². The zero-order valence-electron chi connectivity index (χ0n) is 8.17. The van der Waals surface area contributed by atoms with Crippen LogP contribution in [0.25, 0.3) is 0 Å². The smallest absolute Gasteiger partial charge is 0.369 e. The number of alkyl halides is 3. The molecular formula is C10H9F3NO2. The van der Waals surface area contributed by atoms with Crippen molar-refractivity contribution in [2.75, 3.05) is 11.9 Å². The summed E-state index contributed by atoms with van der Waals surface area (Å²) >= 11 is 0. The van der Waals surface area contributed by atoms with Gasteiger partial charge in [-0.05, 0) is 24.3 Å². The molecular weight excluding hydrogens is 223 g/mol. The maximum Gasteiger partial charge on any atom is 0.416 e. The highest BCUT2D eigenvalue weighted by atomic mass is 19.4. The Morgan fingerprint density at radius 2 is 1.88 bits per heavy atom. The fourth-order valence-electron chi connectivity index (χ4n) is 1.03. The summed E-state index contributed by atoms with van der Waals surface area (Å²) in [5.41, 5.74) is -0.492. The summed E-state index contributed by atoms with van der Waals surface area (Å²) in [6, 6.07) is 4.12. The van der Waals surface area contributed by atoms with Gasteiger partial charge < -0.3 is 10.1 Å². The topological polar surface area (TPSA) is 38.3 Å². The number of hydrogen-bond donors (Lipinski definition) is 1. The predicted octanol–water partition coefficient (Wildman–Crippen LogP) is 2.45. The lowest BCUT2D eigenvalue weighted by atomic mass is 10.2. The van der Waals surface area contributed by atoms with Gasteiger partial charge >= 0.3 is 6.18 Å². The van der Waals surface area contributed by atoms with Gasteiger partial charge in [0, 0.05) is 5.69 Å². The molecule has 0 fully saturated rings. The van der Waals surface area contributed by atoms with E-state index in [1.165, 1.54) is 12.1 Å². The van der Waals surface area contributed by atoms with Gasteiger partial charge in [-0.1, -0.05) is 0 Å². The van der Waals surface area contributed by atoms with Crippen molar-refractivity contribution in [1.82, 2.24) is 0 Å². The van der Waals surface area contributed by atoms with E-state index in [9.17, 15) is 18.0 Å². The summed E-state index contributed by atoms with van der Waals surface area (Å²) in [6.07, 6.45) is -4.38. The Morgan fingerprint density at radius 1 is 1.31 bits per heavy atom. The van der Waals surface area contributed by atoms with E-state index >= 15 is 0 Å². The van der Waals surface area contributed by atoms with Gasteiger partial charge in [0.15, 0.2) is 0 Å².